The maximum Gasteiger partial charge on any atom is 0.264 e. The third-order valence-electron chi connectivity index (χ3n) is 5.76. The van der Waals surface area contributed by atoms with E-state index in [4.69, 9.17) is 0 Å². The largest absolute Gasteiger partial charge is 0.352 e. The Bertz CT molecular complexity index is 995. The van der Waals surface area contributed by atoms with E-state index in [1.165, 1.54) is 4.31 Å². The topological polar surface area (TPSA) is 69.7 Å². The molecule has 6 nitrogen and oxygen atoms in total. The highest BCUT2D eigenvalue weighted by molar-refractivity contribution is 7.92. The molecule has 1 saturated heterocycles. The lowest BCUT2D eigenvalue weighted by Crippen LogP contribution is -2.47. The molecule has 3 rings (SSSR count). The van der Waals surface area contributed by atoms with Crippen LogP contribution in [0.4, 0.5) is 5.69 Å². The lowest BCUT2D eigenvalue weighted by molar-refractivity contribution is -0.120. The van der Waals surface area contributed by atoms with Crippen molar-refractivity contribution in [2.45, 2.75) is 44.6 Å². The highest BCUT2D eigenvalue weighted by atomic mass is 32.2. The predicted octanol–water partition coefficient (Wildman–Crippen LogP) is 3.02. The molecule has 1 fully saturated rings. The molecule has 0 spiro atoms. The minimum absolute atomic E-state index is 0.0809. The van der Waals surface area contributed by atoms with Crippen LogP contribution in [-0.4, -0.2) is 51.9 Å². The van der Waals surface area contributed by atoms with Crippen molar-refractivity contribution in [3.8, 4) is 0 Å². The number of aryl methyl sites for hydroxylation is 3. The van der Waals surface area contributed by atoms with Crippen molar-refractivity contribution in [2.24, 2.45) is 0 Å². The molecule has 1 N–H and O–H groups in total. The Labute approximate surface area is 179 Å². The van der Waals surface area contributed by atoms with Gasteiger partial charge in [0.05, 0.1) is 10.6 Å². The van der Waals surface area contributed by atoms with Crippen molar-refractivity contribution in [1.82, 2.24) is 10.2 Å². The summed E-state index contributed by atoms with van der Waals surface area (Å²) in [6, 6.07) is 12.3. The van der Waals surface area contributed by atoms with Crippen LogP contribution >= 0.6 is 0 Å². The van der Waals surface area contributed by atoms with E-state index in [-0.39, 0.29) is 23.4 Å². The molecule has 0 bridgehead atoms. The molecule has 1 amide bonds. The summed E-state index contributed by atoms with van der Waals surface area (Å²) in [5.41, 5.74) is 3.53. The Hall–Kier alpha value is -2.38. The fourth-order valence-corrected chi connectivity index (χ4v) is 5.00. The number of piperidine rings is 1. The van der Waals surface area contributed by atoms with Crippen molar-refractivity contribution in [3.05, 3.63) is 59.2 Å². The summed E-state index contributed by atoms with van der Waals surface area (Å²) in [7, 11) is -1.82. The van der Waals surface area contributed by atoms with Crippen LogP contribution in [0.15, 0.2) is 47.4 Å². The molecule has 7 heteroatoms. The lowest BCUT2D eigenvalue weighted by Gasteiger charge is -2.30. The van der Waals surface area contributed by atoms with Gasteiger partial charge in [-0.2, -0.15) is 0 Å². The van der Waals surface area contributed by atoms with Gasteiger partial charge in [0.2, 0.25) is 5.91 Å². The second kappa shape index (κ2) is 9.18. The van der Waals surface area contributed by atoms with E-state index >= 15 is 0 Å². The fraction of sp³-hybridized carbons (Fsp3) is 0.435. The van der Waals surface area contributed by atoms with E-state index in [9.17, 15) is 13.2 Å². The first-order chi connectivity index (χ1) is 14.2. The Morgan fingerprint density at radius 1 is 1.03 bits per heavy atom. The van der Waals surface area contributed by atoms with Gasteiger partial charge in [-0.25, -0.2) is 8.42 Å². The SMILES string of the molecule is Cc1ccc(S(=O)(=O)N(CC(=O)NC2CCN(C)CC2)c2ccc(C)c(C)c2)cc1. The minimum Gasteiger partial charge on any atom is -0.352 e. The molecule has 0 atom stereocenters. The molecule has 0 aromatic heterocycles. The molecule has 1 heterocycles. The van der Waals surface area contributed by atoms with Crippen LogP contribution in [0, 0.1) is 20.8 Å². The van der Waals surface area contributed by atoms with Crippen LogP contribution in [0.25, 0.3) is 0 Å². The third-order valence-corrected chi connectivity index (χ3v) is 7.55. The molecule has 0 aliphatic carbocycles. The molecular weight excluding hydrogens is 398 g/mol. The maximum atomic E-state index is 13.5. The van der Waals surface area contributed by atoms with Crippen LogP contribution in [0.5, 0.6) is 0 Å². The average molecular weight is 430 g/mol. The van der Waals surface area contributed by atoms with Gasteiger partial charge in [0.25, 0.3) is 10.0 Å². The van der Waals surface area contributed by atoms with Gasteiger partial charge in [0.15, 0.2) is 0 Å². The van der Waals surface area contributed by atoms with Crippen LogP contribution in [-0.2, 0) is 14.8 Å². The summed E-state index contributed by atoms with van der Waals surface area (Å²) >= 11 is 0. The molecule has 1 aliphatic heterocycles. The summed E-state index contributed by atoms with van der Waals surface area (Å²) in [6.07, 6.45) is 1.74. The zero-order chi connectivity index (χ0) is 21.9. The number of hydrogen-bond acceptors (Lipinski definition) is 4. The number of carbonyl (C=O) groups excluding carboxylic acids is 1. The Morgan fingerprint density at radius 2 is 1.67 bits per heavy atom. The Kier molecular flexibility index (Phi) is 6.83. The van der Waals surface area contributed by atoms with Gasteiger partial charge in [0, 0.05) is 6.04 Å². The summed E-state index contributed by atoms with van der Waals surface area (Å²) in [5, 5.41) is 3.03. The van der Waals surface area contributed by atoms with Crippen molar-refractivity contribution < 1.29 is 13.2 Å². The second-order valence-corrected chi connectivity index (χ2v) is 10.1. The van der Waals surface area contributed by atoms with E-state index in [0.717, 1.165) is 42.6 Å². The van der Waals surface area contributed by atoms with Gasteiger partial charge >= 0.3 is 0 Å². The molecular formula is C23H31N3O3S. The van der Waals surface area contributed by atoms with E-state index in [1.54, 1.807) is 30.3 Å². The maximum absolute atomic E-state index is 13.5. The average Bonchev–Trinajstić information content (AvgIpc) is 2.70. The number of anilines is 1. The number of amides is 1. The van der Waals surface area contributed by atoms with Crippen LogP contribution in [0.3, 0.4) is 0 Å². The highest BCUT2D eigenvalue weighted by Crippen LogP contribution is 2.26. The van der Waals surface area contributed by atoms with Crippen LogP contribution < -0.4 is 9.62 Å². The first-order valence-electron chi connectivity index (χ1n) is 10.3. The van der Waals surface area contributed by atoms with Crippen LogP contribution in [0.1, 0.15) is 29.5 Å². The van der Waals surface area contributed by atoms with Crippen LogP contribution in [0.2, 0.25) is 0 Å². The smallest absolute Gasteiger partial charge is 0.264 e. The second-order valence-electron chi connectivity index (χ2n) is 8.24. The van der Waals surface area contributed by atoms with Crippen molar-refractivity contribution in [3.63, 3.8) is 0 Å². The number of carbonyl (C=O) groups is 1. The standard InChI is InChI=1S/C23H31N3O3S/c1-17-5-9-22(10-6-17)30(28,29)26(21-8-7-18(2)19(3)15-21)16-23(27)24-20-11-13-25(4)14-12-20/h5-10,15,20H,11-14,16H2,1-4H3,(H,24,27). The molecule has 2 aromatic carbocycles. The summed E-state index contributed by atoms with van der Waals surface area (Å²) in [6.45, 7) is 7.43. The number of hydrogen-bond donors (Lipinski definition) is 1. The van der Waals surface area contributed by atoms with Crippen molar-refractivity contribution in [1.29, 1.82) is 0 Å². The Balaban J connectivity index is 1.88. The first-order valence-corrected chi connectivity index (χ1v) is 11.8. The fourth-order valence-electron chi connectivity index (χ4n) is 3.59. The van der Waals surface area contributed by atoms with Gasteiger partial charge in [-0.3, -0.25) is 9.10 Å². The van der Waals surface area contributed by atoms with E-state index in [1.807, 2.05) is 32.9 Å². The molecule has 2 aromatic rings. The zero-order valence-electron chi connectivity index (χ0n) is 18.2. The molecule has 0 saturated carbocycles. The number of sulfonamides is 1. The quantitative estimate of drug-likeness (QED) is 0.766. The van der Waals surface area contributed by atoms with E-state index in [0.29, 0.717) is 5.69 Å². The molecule has 162 valence electrons. The van der Waals surface area contributed by atoms with Gasteiger partial charge in [0.1, 0.15) is 6.54 Å². The third kappa shape index (κ3) is 5.21. The first kappa shape index (κ1) is 22.3. The number of likely N-dealkylation sites (tertiary alicyclic amines) is 1. The molecule has 0 unspecified atom stereocenters. The van der Waals surface area contributed by atoms with Gasteiger partial charge in [-0.1, -0.05) is 23.8 Å². The monoisotopic (exact) mass is 429 g/mol. The van der Waals surface area contributed by atoms with Gasteiger partial charge in [-0.05, 0) is 89.1 Å². The highest BCUT2D eigenvalue weighted by Gasteiger charge is 2.28. The molecule has 30 heavy (non-hydrogen) atoms. The van der Waals surface area contributed by atoms with Gasteiger partial charge < -0.3 is 10.2 Å². The van der Waals surface area contributed by atoms with Gasteiger partial charge in [-0.15, -0.1) is 0 Å². The number of benzene rings is 2. The van der Waals surface area contributed by atoms with E-state index in [2.05, 4.69) is 17.3 Å². The van der Waals surface area contributed by atoms with Crippen molar-refractivity contribution >= 4 is 21.6 Å². The number of nitrogens with one attached hydrogen (secondary N) is 1. The van der Waals surface area contributed by atoms with Crippen molar-refractivity contribution in [2.75, 3.05) is 31.0 Å². The lowest BCUT2D eigenvalue weighted by atomic mass is 10.1. The number of rotatable bonds is 6. The summed E-state index contributed by atoms with van der Waals surface area (Å²) in [4.78, 5) is 15.2. The number of nitrogens with zero attached hydrogens (tertiary/aromatic N) is 2. The zero-order valence-corrected chi connectivity index (χ0v) is 19.0. The predicted molar refractivity (Wildman–Crippen MR) is 120 cm³/mol. The molecule has 1 aliphatic rings. The van der Waals surface area contributed by atoms with E-state index < -0.39 is 10.0 Å². The minimum atomic E-state index is -3.88. The molecule has 0 radical (unpaired) electrons. The summed E-state index contributed by atoms with van der Waals surface area (Å²) in [5.74, 6) is -0.279. The normalized spacial score (nSPS) is 15.7. The summed E-state index contributed by atoms with van der Waals surface area (Å²) < 4.78 is 28.1. The Morgan fingerprint density at radius 3 is 2.27 bits per heavy atom.